The molecular formula is C17H21BrN2O2. The van der Waals surface area contributed by atoms with Gasteiger partial charge in [-0.25, -0.2) is 0 Å². The van der Waals surface area contributed by atoms with Crippen molar-refractivity contribution in [3.63, 3.8) is 0 Å². The lowest BCUT2D eigenvalue weighted by molar-refractivity contribution is 0.0661. The lowest BCUT2D eigenvalue weighted by atomic mass is 10.1. The molecule has 1 aromatic carbocycles. The molecule has 1 fully saturated rings. The zero-order chi connectivity index (χ0) is 15.7. The number of rotatable bonds is 4. The maximum Gasteiger partial charge on any atom is 0.290 e. The molecule has 1 unspecified atom stereocenters. The zero-order valence-electron chi connectivity index (χ0n) is 13.0. The van der Waals surface area contributed by atoms with Crippen LogP contribution in [0.5, 0.6) is 0 Å². The number of carbonyl (C=O) groups is 1. The number of hydrogen-bond acceptors (Lipinski definition) is 3. The van der Waals surface area contributed by atoms with Crippen LogP contribution < -0.4 is 5.32 Å². The van der Waals surface area contributed by atoms with Crippen LogP contribution >= 0.6 is 15.9 Å². The van der Waals surface area contributed by atoms with Gasteiger partial charge in [0.15, 0.2) is 5.76 Å². The summed E-state index contributed by atoms with van der Waals surface area (Å²) in [5.41, 5.74) is 1.69. The number of amides is 1. The Bertz CT molecular complexity index is 689. The Hall–Kier alpha value is -1.33. The largest absolute Gasteiger partial charge is 0.451 e. The van der Waals surface area contributed by atoms with Gasteiger partial charge in [0.05, 0.1) is 0 Å². The summed E-state index contributed by atoms with van der Waals surface area (Å²) >= 11 is 3.48. The van der Waals surface area contributed by atoms with Gasteiger partial charge in [-0.15, -0.1) is 0 Å². The van der Waals surface area contributed by atoms with E-state index >= 15 is 0 Å². The molecule has 2 aromatic rings. The second-order valence-corrected chi connectivity index (χ2v) is 6.76. The summed E-state index contributed by atoms with van der Waals surface area (Å²) in [6.45, 7) is 6.68. The smallest absolute Gasteiger partial charge is 0.290 e. The molecule has 3 rings (SSSR count). The molecule has 1 aliphatic rings. The van der Waals surface area contributed by atoms with Gasteiger partial charge < -0.3 is 14.6 Å². The summed E-state index contributed by atoms with van der Waals surface area (Å²) in [6.07, 6.45) is 1.96. The molecular weight excluding hydrogens is 344 g/mol. The third kappa shape index (κ3) is 2.79. The highest BCUT2D eigenvalue weighted by Gasteiger charge is 2.30. The van der Waals surface area contributed by atoms with Crippen molar-refractivity contribution in [1.29, 1.82) is 0 Å². The average molecular weight is 365 g/mol. The van der Waals surface area contributed by atoms with E-state index in [4.69, 9.17) is 4.42 Å². The first-order chi connectivity index (χ1) is 10.6. The first kappa shape index (κ1) is 15.6. The van der Waals surface area contributed by atoms with Crippen LogP contribution in [0.3, 0.4) is 0 Å². The van der Waals surface area contributed by atoms with Gasteiger partial charge in [0.1, 0.15) is 5.58 Å². The van der Waals surface area contributed by atoms with E-state index in [0.717, 1.165) is 53.5 Å². The molecule has 2 heterocycles. The maximum absolute atomic E-state index is 13.0. The molecule has 0 spiro atoms. The molecule has 1 aliphatic heterocycles. The van der Waals surface area contributed by atoms with Crippen molar-refractivity contribution in [3.8, 4) is 0 Å². The summed E-state index contributed by atoms with van der Waals surface area (Å²) in [5.74, 6) is 0.494. The van der Waals surface area contributed by atoms with Crippen molar-refractivity contribution in [2.24, 2.45) is 0 Å². The van der Waals surface area contributed by atoms with Crippen LogP contribution in [0.2, 0.25) is 0 Å². The fourth-order valence-corrected chi connectivity index (χ4v) is 3.48. The summed E-state index contributed by atoms with van der Waals surface area (Å²) in [6, 6.07) is 6.12. The van der Waals surface area contributed by atoms with E-state index in [1.165, 1.54) is 0 Å². The van der Waals surface area contributed by atoms with Gasteiger partial charge in [0.2, 0.25) is 0 Å². The number of furan rings is 1. The number of carbonyl (C=O) groups excluding carboxylic acids is 1. The Morgan fingerprint density at radius 3 is 3.00 bits per heavy atom. The minimum atomic E-state index is 0.0142. The summed E-state index contributed by atoms with van der Waals surface area (Å²) < 4.78 is 6.86. The standard InChI is InChI=1S/C17H21BrN2O2/c1-3-8-20(13-6-7-19-10-13)17(21)16-11(2)14-9-12(18)4-5-15(14)22-16/h4-5,9,13,19H,3,6-8,10H2,1-2H3. The molecule has 5 heteroatoms. The normalized spacial score (nSPS) is 18.0. The van der Waals surface area contributed by atoms with Crippen LogP contribution in [0.25, 0.3) is 11.0 Å². The molecule has 22 heavy (non-hydrogen) atoms. The van der Waals surface area contributed by atoms with Gasteiger partial charge in [-0.2, -0.15) is 0 Å². The fourth-order valence-electron chi connectivity index (χ4n) is 3.12. The minimum Gasteiger partial charge on any atom is -0.451 e. The second kappa shape index (κ2) is 6.42. The van der Waals surface area contributed by atoms with Gasteiger partial charge in [-0.05, 0) is 44.5 Å². The summed E-state index contributed by atoms with van der Waals surface area (Å²) in [4.78, 5) is 15.0. The van der Waals surface area contributed by atoms with Crippen LogP contribution in [0.4, 0.5) is 0 Å². The molecule has 1 amide bonds. The number of benzene rings is 1. The number of nitrogens with zero attached hydrogens (tertiary/aromatic N) is 1. The van der Waals surface area contributed by atoms with Gasteiger partial charge in [0, 0.05) is 34.6 Å². The van der Waals surface area contributed by atoms with E-state index in [1.807, 2.05) is 30.0 Å². The first-order valence-electron chi connectivity index (χ1n) is 7.82. The molecule has 118 valence electrons. The number of fused-ring (bicyclic) bond motifs is 1. The van der Waals surface area contributed by atoms with Gasteiger partial charge in [-0.3, -0.25) is 4.79 Å². The highest BCUT2D eigenvalue weighted by Crippen LogP contribution is 2.29. The third-order valence-electron chi connectivity index (χ3n) is 4.29. The van der Waals surface area contributed by atoms with Crippen LogP contribution in [0, 0.1) is 6.92 Å². The molecule has 4 nitrogen and oxygen atoms in total. The second-order valence-electron chi connectivity index (χ2n) is 5.84. The van der Waals surface area contributed by atoms with E-state index in [2.05, 4.69) is 28.2 Å². The predicted molar refractivity (Wildman–Crippen MR) is 91.3 cm³/mol. The Morgan fingerprint density at radius 1 is 1.50 bits per heavy atom. The molecule has 1 N–H and O–H groups in total. The SMILES string of the molecule is CCCN(C(=O)c1oc2ccc(Br)cc2c1C)C1CCNC1. The Kier molecular flexibility index (Phi) is 4.54. The summed E-state index contributed by atoms with van der Waals surface area (Å²) in [5, 5.41) is 4.33. The van der Waals surface area contributed by atoms with Crippen LogP contribution in [-0.2, 0) is 0 Å². The van der Waals surface area contributed by atoms with Gasteiger partial charge >= 0.3 is 0 Å². The van der Waals surface area contributed by atoms with Crippen LogP contribution in [-0.4, -0.2) is 36.5 Å². The van der Waals surface area contributed by atoms with Crippen molar-refractivity contribution in [3.05, 3.63) is 34.0 Å². The molecule has 1 saturated heterocycles. The molecule has 1 atom stereocenters. The highest BCUT2D eigenvalue weighted by atomic mass is 79.9. The van der Waals surface area contributed by atoms with E-state index in [0.29, 0.717) is 5.76 Å². The monoisotopic (exact) mass is 364 g/mol. The number of halogens is 1. The lowest BCUT2D eigenvalue weighted by Crippen LogP contribution is -2.42. The van der Waals surface area contributed by atoms with Crippen molar-refractivity contribution >= 4 is 32.8 Å². The number of nitrogens with one attached hydrogen (secondary N) is 1. The molecule has 0 saturated carbocycles. The maximum atomic E-state index is 13.0. The topological polar surface area (TPSA) is 45.5 Å². The minimum absolute atomic E-state index is 0.0142. The van der Waals surface area contributed by atoms with Crippen LogP contribution in [0.1, 0.15) is 35.9 Å². The fraction of sp³-hybridized carbons (Fsp3) is 0.471. The first-order valence-corrected chi connectivity index (χ1v) is 8.61. The third-order valence-corrected chi connectivity index (χ3v) is 4.79. The lowest BCUT2D eigenvalue weighted by Gasteiger charge is -2.27. The number of aryl methyl sites for hydroxylation is 1. The number of hydrogen-bond donors (Lipinski definition) is 1. The van der Waals surface area contributed by atoms with E-state index in [9.17, 15) is 4.79 Å². The Morgan fingerprint density at radius 2 is 2.32 bits per heavy atom. The van der Waals surface area contributed by atoms with E-state index in [-0.39, 0.29) is 11.9 Å². The van der Waals surface area contributed by atoms with E-state index in [1.54, 1.807) is 0 Å². The quantitative estimate of drug-likeness (QED) is 0.898. The van der Waals surface area contributed by atoms with Crippen molar-refractivity contribution < 1.29 is 9.21 Å². The predicted octanol–water partition coefficient (Wildman–Crippen LogP) is 3.72. The Balaban J connectivity index is 1.97. The van der Waals surface area contributed by atoms with Crippen molar-refractivity contribution in [2.45, 2.75) is 32.7 Å². The van der Waals surface area contributed by atoms with E-state index < -0.39 is 0 Å². The zero-order valence-corrected chi connectivity index (χ0v) is 14.6. The molecule has 0 radical (unpaired) electrons. The Labute approximate surface area is 139 Å². The molecule has 0 bridgehead atoms. The van der Waals surface area contributed by atoms with Crippen molar-refractivity contribution in [1.82, 2.24) is 10.2 Å². The molecule has 0 aliphatic carbocycles. The molecule has 1 aromatic heterocycles. The van der Waals surface area contributed by atoms with Crippen molar-refractivity contribution in [2.75, 3.05) is 19.6 Å². The van der Waals surface area contributed by atoms with Crippen LogP contribution in [0.15, 0.2) is 27.1 Å². The highest BCUT2D eigenvalue weighted by molar-refractivity contribution is 9.10. The average Bonchev–Trinajstić information content (AvgIpc) is 3.13. The van der Waals surface area contributed by atoms with Gasteiger partial charge in [0.25, 0.3) is 5.91 Å². The van der Waals surface area contributed by atoms with Gasteiger partial charge in [-0.1, -0.05) is 22.9 Å². The summed E-state index contributed by atoms with van der Waals surface area (Å²) in [7, 11) is 0.